The first-order valence-electron chi connectivity index (χ1n) is 42.9. The van der Waals surface area contributed by atoms with Crippen molar-refractivity contribution >= 4 is 17.5 Å². The standard InChI is InChI=1S/C33H41F2N3O4.2C32H38F2N2O5/c1-39-16-2-14-38-15-18-41-32-10-3-24(19-31(32)38)23-42-33-22-36-12-11-29(33)25-4-7-28(8-5-25)40-17-13-37-21-26-20-27(34)6-9-30(26)35;1-23(37)36-15-12-25-6-9-27(34)21-31(25)40-18-19-41-32-22-35-14-13-30(32)24-7-10-28(11-8-24)38-16-3-17-39-29-5-2-4-26(33)20-29;1-23(37)36-16-13-25-7-10-26(33)21-31(25)40-19-20-41-32-22-35-15-14-28(32)24-8-11-27(12-9-24)38-17-4-18-39-30-6-3-2-5-29(30)34/h3-10,19-20,29,33,36-37H,2,11-18,21-23H2,1H3;2,4-11,20-21,30,32,35H,3,12-19,22H2,1H3,(H,36,37);2-3,5-12,21,28,32,35H,4,13-20,22H2,1H3,(H,36,37)/t29-,33+;30-,32+;28-,32+/m111/s1. The minimum atomic E-state index is -0.444. The zero-order valence-corrected chi connectivity index (χ0v) is 71.0. The first-order valence-corrected chi connectivity index (χ1v) is 42.9. The topological polar surface area (TPSA) is 220 Å². The third kappa shape index (κ3) is 31.6. The number of fused-ring (bicyclic) bond motifs is 1. The van der Waals surface area contributed by atoms with Gasteiger partial charge in [-0.1, -0.05) is 72.8 Å². The van der Waals surface area contributed by atoms with Gasteiger partial charge in [0.1, 0.15) is 95.8 Å². The Morgan fingerprint density at radius 2 is 0.919 bits per heavy atom. The SMILES string of the molecule is CC(=O)NCCc1ccc(F)cc1OCCO[C@H]1CNCC[C@@H]1c1ccc(OCCCOc2cccc(F)c2)cc1.CC(=O)NCCc1ccc(F)cc1OCCO[C@H]1CNCC[C@@H]1c1ccc(OCCCOc2ccccc2F)cc1.COCCCN1CCOc2ccc(CO[C@H]3CNCC[C@@H]3c3ccc(OCCNCc4cc(F)ccc4F)cc3)cc21. The number of ether oxygens (including phenoxy) is 12. The highest BCUT2D eigenvalue weighted by Gasteiger charge is 2.31. The van der Waals surface area contributed by atoms with Gasteiger partial charge in [0.15, 0.2) is 11.6 Å². The molecule has 0 radical (unpaired) electrons. The number of hydrogen-bond acceptors (Lipinski definition) is 19. The van der Waals surface area contributed by atoms with Crippen LogP contribution in [0.15, 0.2) is 194 Å². The molecule has 3 saturated heterocycles. The van der Waals surface area contributed by atoms with E-state index in [0.29, 0.717) is 128 Å². The van der Waals surface area contributed by atoms with Crippen LogP contribution in [0.2, 0.25) is 0 Å². The number of para-hydroxylation sites is 1. The minimum Gasteiger partial charge on any atom is -0.493 e. The number of benzene rings is 9. The van der Waals surface area contributed by atoms with Crippen molar-refractivity contribution in [1.82, 2.24) is 31.9 Å². The van der Waals surface area contributed by atoms with Gasteiger partial charge in [-0.2, -0.15) is 0 Å². The van der Waals surface area contributed by atoms with Gasteiger partial charge < -0.3 is 93.6 Å². The monoisotopic (exact) mass is 1720 g/mol. The number of anilines is 1. The second kappa shape index (κ2) is 51.6. The fourth-order valence-electron chi connectivity index (χ4n) is 15.2. The second-order valence-electron chi connectivity index (χ2n) is 30.6. The number of methoxy groups -OCH3 is 1. The van der Waals surface area contributed by atoms with Crippen molar-refractivity contribution in [1.29, 1.82) is 0 Å². The molecule has 3 fully saturated rings. The van der Waals surface area contributed by atoms with E-state index in [4.69, 9.17) is 56.8 Å². The first-order chi connectivity index (χ1) is 60.6. The zero-order chi connectivity index (χ0) is 86.9. The summed E-state index contributed by atoms with van der Waals surface area (Å²) in [6.07, 6.45) is 6.28. The smallest absolute Gasteiger partial charge is 0.216 e. The van der Waals surface area contributed by atoms with Gasteiger partial charge in [-0.05, 0) is 195 Å². The largest absolute Gasteiger partial charge is 0.493 e. The fraction of sp³-hybridized carbons (Fsp3) is 0.423. The molecule has 6 atom stereocenters. The number of halogens is 6. The van der Waals surface area contributed by atoms with Crippen LogP contribution in [0.5, 0.6) is 46.0 Å². The Morgan fingerprint density at radius 3 is 1.45 bits per heavy atom. The molecule has 0 saturated carbocycles. The zero-order valence-electron chi connectivity index (χ0n) is 71.0. The van der Waals surface area contributed by atoms with E-state index >= 15 is 0 Å². The summed E-state index contributed by atoms with van der Waals surface area (Å²) >= 11 is 0. The van der Waals surface area contributed by atoms with Crippen LogP contribution < -0.4 is 74.7 Å². The lowest BCUT2D eigenvalue weighted by Crippen LogP contribution is -2.41. The van der Waals surface area contributed by atoms with Crippen LogP contribution in [0.3, 0.4) is 0 Å². The van der Waals surface area contributed by atoms with Gasteiger partial charge in [-0.25, -0.2) is 26.3 Å². The molecular weight excluding hydrogens is 1600 g/mol. The molecule has 21 nitrogen and oxygen atoms in total. The molecule has 4 aliphatic rings. The Hall–Kier alpha value is -10.6. The second-order valence-corrected chi connectivity index (χ2v) is 30.6. The number of nitrogens with zero attached hydrogens (tertiary/aromatic N) is 1. The molecular formula is C97H117F6N7O14. The van der Waals surface area contributed by atoms with Crippen molar-refractivity contribution in [3.63, 3.8) is 0 Å². The van der Waals surface area contributed by atoms with E-state index < -0.39 is 11.6 Å². The lowest BCUT2D eigenvalue weighted by molar-refractivity contribution is -0.119. The maximum Gasteiger partial charge on any atom is 0.216 e. The van der Waals surface area contributed by atoms with Crippen molar-refractivity contribution in [2.75, 3.05) is 157 Å². The number of amides is 2. The van der Waals surface area contributed by atoms with Crippen molar-refractivity contribution in [3.8, 4) is 46.0 Å². The maximum absolute atomic E-state index is 13.8. The predicted octanol–water partition coefficient (Wildman–Crippen LogP) is 15.1. The molecule has 9 aromatic rings. The number of carbonyl (C=O) groups is 2. The van der Waals surface area contributed by atoms with Gasteiger partial charge in [-0.3, -0.25) is 9.59 Å². The lowest BCUT2D eigenvalue weighted by atomic mass is 9.87. The average Bonchev–Trinajstić information content (AvgIpc) is 0.814. The molecule has 0 aliphatic carbocycles. The third-order valence-electron chi connectivity index (χ3n) is 21.5. The summed E-state index contributed by atoms with van der Waals surface area (Å²) in [5.74, 6) is 3.18. The van der Waals surface area contributed by atoms with E-state index in [1.54, 1.807) is 49.6 Å². The Kier molecular flexibility index (Phi) is 39.1. The molecule has 0 unspecified atom stereocenters. The molecule has 4 heterocycles. The Bertz CT molecular complexity index is 4680. The van der Waals surface area contributed by atoms with E-state index in [-0.39, 0.29) is 96.7 Å². The molecule has 124 heavy (non-hydrogen) atoms. The normalized spacial score (nSPS) is 17.2. The maximum atomic E-state index is 13.8. The van der Waals surface area contributed by atoms with Gasteiger partial charge >= 0.3 is 0 Å². The minimum absolute atomic E-state index is 0.0224. The van der Waals surface area contributed by atoms with Crippen LogP contribution in [0, 0.1) is 34.9 Å². The summed E-state index contributed by atoms with van der Waals surface area (Å²) in [6, 6.07) is 55.5. The van der Waals surface area contributed by atoms with Crippen LogP contribution in [0.4, 0.5) is 32.0 Å². The molecule has 27 heteroatoms. The summed E-state index contributed by atoms with van der Waals surface area (Å²) < 4.78 is 152. The molecule has 4 aliphatic heterocycles. The number of hydrogen-bond donors (Lipinski definition) is 6. The number of nitrogens with one attached hydrogen (secondary N) is 6. The summed E-state index contributed by atoms with van der Waals surface area (Å²) in [5, 5.41) is 18.9. The van der Waals surface area contributed by atoms with Crippen LogP contribution in [0.1, 0.15) is 109 Å². The van der Waals surface area contributed by atoms with Crippen LogP contribution in [-0.2, 0) is 54.5 Å². The summed E-state index contributed by atoms with van der Waals surface area (Å²) in [7, 11) is 1.74. The third-order valence-corrected chi connectivity index (χ3v) is 21.5. The molecule has 2 amide bonds. The quantitative estimate of drug-likeness (QED) is 0.0154. The number of piperidine rings is 3. The van der Waals surface area contributed by atoms with Crippen LogP contribution in [0.25, 0.3) is 0 Å². The Balaban J connectivity index is 0.000000181. The Labute approximate surface area is 723 Å². The van der Waals surface area contributed by atoms with Gasteiger partial charge in [0, 0.05) is 134 Å². The first kappa shape index (κ1) is 94.1. The average molecular weight is 1720 g/mol. The van der Waals surface area contributed by atoms with Gasteiger partial charge in [0.2, 0.25) is 11.8 Å². The molecule has 0 spiro atoms. The van der Waals surface area contributed by atoms with Crippen LogP contribution in [-0.4, -0.2) is 182 Å². The van der Waals surface area contributed by atoms with Gasteiger partial charge in [0.05, 0.1) is 76.8 Å². The van der Waals surface area contributed by atoms with Crippen molar-refractivity contribution < 1.29 is 92.8 Å². The summed E-state index contributed by atoms with van der Waals surface area (Å²) in [6.45, 7) is 16.9. The molecule has 9 aromatic carbocycles. The lowest BCUT2D eigenvalue weighted by Gasteiger charge is -2.33. The van der Waals surface area contributed by atoms with E-state index in [1.165, 1.54) is 79.1 Å². The van der Waals surface area contributed by atoms with E-state index in [1.807, 2.05) is 36.4 Å². The molecule has 0 bridgehead atoms. The van der Waals surface area contributed by atoms with Gasteiger partial charge in [0.25, 0.3) is 0 Å². The number of carbonyl (C=O) groups excluding carboxylic acids is 2. The van der Waals surface area contributed by atoms with Crippen molar-refractivity contribution in [2.24, 2.45) is 0 Å². The fourth-order valence-corrected chi connectivity index (χ4v) is 15.2. The summed E-state index contributed by atoms with van der Waals surface area (Å²) in [5.41, 5.74) is 7.83. The van der Waals surface area contributed by atoms with E-state index in [9.17, 15) is 35.9 Å². The van der Waals surface area contributed by atoms with Crippen molar-refractivity contribution in [2.45, 2.75) is 114 Å². The van der Waals surface area contributed by atoms with E-state index in [2.05, 4.69) is 91.4 Å². The van der Waals surface area contributed by atoms with Gasteiger partial charge in [-0.15, -0.1) is 0 Å². The molecule has 0 aromatic heterocycles. The number of rotatable bonds is 44. The summed E-state index contributed by atoms with van der Waals surface area (Å²) in [4.78, 5) is 24.7. The highest BCUT2D eigenvalue weighted by molar-refractivity contribution is 5.73. The molecule has 13 rings (SSSR count). The highest BCUT2D eigenvalue weighted by Crippen LogP contribution is 2.37. The van der Waals surface area contributed by atoms with E-state index in [0.717, 1.165) is 142 Å². The molecule has 666 valence electrons. The van der Waals surface area contributed by atoms with Crippen molar-refractivity contribution in [3.05, 3.63) is 268 Å². The highest BCUT2D eigenvalue weighted by atomic mass is 19.1. The predicted molar refractivity (Wildman–Crippen MR) is 465 cm³/mol. The van der Waals surface area contributed by atoms with Crippen LogP contribution >= 0.6 is 0 Å². The molecule has 6 N–H and O–H groups in total. The Morgan fingerprint density at radius 1 is 0.427 bits per heavy atom.